The molecule has 0 aromatic rings. The Morgan fingerprint density at radius 3 is 0.702 bits per heavy atom. The molecule has 26 heteroatoms. The van der Waals surface area contributed by atoms with Crippen LogP contribution in [0, 0.1) is 0 Å². The summed E-state index contributed by atoms with van der Waals surface area (Å²) in [7, 11) is 2.39. The SMILES string of the molecule is C.C.C.C.C.C.C.C.CC1(C)N=C(CC2=NC(C)(C)C(=O)O2)OC1=O.CC1(C)N=C(CC2=NC(C)(C)C(=O)O2)OC1=O.CCC(=O)C(C)(C)NC(=O)CC(=O)NC(C)(C)C(=O)CC.COC(=O)C(C)(C)NC(=O)CC(=O)NC(C)(C)C(=O)OC. The van der Waals surface area contributed by atoms with Crippen LogP contribution in [0.5, 0.6) is 0 Å². The zero-order chi connectivity index (χ0) is 59.4. The lowest BCUT2D eigenvalue weighted by molar-refractivity contribution is -0.151. The first-order valence-corrected chi connectivity index (χ1v) is 24.0. The van der Waals surface area contributed by atoms with Crippen LogP contribution in [-0.2, 0) is 86.0 Å². The number of rotatable bonds is 18. The highest BCUT2D eigenvalue weighted by atomic mass is 16.6. The number of carbonyl (C=O) groups is 12. The summed E-state index contributed by atoms with van der Waals surface area (Å²) >= 11 is 0. The molecule has 0 fully saturated rings. The monoisotopic (exact) mass is 1200 g/mol. The highest BCUT2D eigenvalue weighted by Gasteiger charge is 2.43. The van der Waals surface area contributed by atoms with Gasteiger partial charge in [0.25, 0.3) is 0 Å². The molecule has 0 atom stereocenters. The zero-order valence-electron chi connectivity index (χ0n) is 47.4. The zero-order valence-corrected chi connectivity index (χ0v) is 47.4. The number of aliphatic imine (C=N–C) groups is 4. The molecule has 4 aliphatic heterocycles. The molecular formula is C58H108N8O18. The summed E-state index contributed by atoms with van der Waals surface area (Å²) < 4.78 is 29.0. The summed E-state index contributed by atoms with van der Waals surface area (Å²) in [4.78, 5) is 155. The highest BCUT2D eigenvalue weighted by Crippen LogP contribution is 2.26. The maximum Gasteiger partial charge on any atom is 0.340 e. The normalized spacial score (nSPS) is 16.0. The highest BCUT2D eigenvalue weighted by molar-refractivity contribution is 6.12. The molecule has 0 aromatic heterocycles. The number of carbonyl (C=O) groups excluding carboxylic acids is 12. The molecule has 4 N–H and O–H groups in total. The van der Waals surface area contributed by atoms with E-state index in [2.05, 4.69) is 50.7 Å². The average molecular weight is 1210 g/mol. The Morgan fingerprint density at radius 2 is 0.560 bits per heavy atom. The molecule has 0 radical (unpaired) electrons. The van der Waals surface area contributed by atoms with Crippen molar-refractivity contribution < 1.29 is 86.0 Å². The van der Waals surface area contributed by atoms with Gasteiger partial charge in [0.2, 0.25) is 47.2 Å². The second-order valence-electron chi connectivity index (χ2n) is 21.8. The molecule has 4 rings (SSSR count). The van der Waals surface area contributed by atoms with E-state index in [0.717, 1.165) is 0 Å². The van der Waals surface area contributed by atoms with E-state index in [1.54, 1.807) is 96.9 Å². The third-order valence-corrected chi connectivity index (χ3v) is 10.9. The van der Waals surface area contributed by atoms with Gasteiger partial charge >= 0.3 is 35.8 Å². The number of amides is 4. The van der Waals surface area contributed by atoms with Crippen molar-refractivity contribution in [2.45, 2.75) is 267 Å². The van der Waals surface area contributed by atoms with Crippen molar-refractivity contribution in [3.63, 3.8) is 0 Å². The van der Waals surface area contributed by atoms with Crippen molar-refractivity contribution in [3.05, 3.63) is 0 Å². The van der Waals surface area contributed by atoms with Gasteiger partial charge in [-0.25, -0.2) is 48.7 Å². The number of hydrogen-bond donors (Lipinski definition) is 4. The van der Waals surface area contributed by atoms with Gasteiger partial charge in [-0.2, -0.15) is 0 Å². The molecule has 4 aliphatic rings. The van der Waals surface area contributed by atoms with Gasteiger partial charge in [-0.1, -0.05) is 73.3 Å². The van der Waals surface area contributed by atoms with E-state index in [9.17, 15) is 57.5 Å². The van der Waals surface area contributed by atoms with E-state index in [4.69, 9.17) is 18.9 Å². The number of nitrogens with zero attached hydrogens (tertiary/aromatic N) is 4. The van der Waals surface area contributed by atoms with Gasteiger partial charge in [0.1, 0.15) is 36.8 Å². The second-order valence-corrected chi connectivity index (χ2v) is 21.8. The van der Waals surface area contributed by atoms with Crippen molar-refractivity contribution in [2.24, 2.45) is 20.0 Å². The molecular weight excluding hydrogens is 1100 g/mol. The number of nitrogens with one attached hydrogen (secondary N) is 4. The molecule has 0 saturated carbocycles. The maximum atomic E-state index is 11.8. The molecule has 4 amide bonds. The van der Waals surface area contributed by atoms with Crippen molar-refractivity contribution in [2.75, 3.05) is 14.2 Å². The molecule has 0 saturated heterocycles. The minimum Gasteiger partial charge on any atom is -0.467 e. The van der Waals surface area contributed by atoms with E-state index in [1.165, 1.54) is 41.9 Å². The van der Waals surface area contributed by atoms with Crippen LogP contribution >= 0.6 is 0 Å². The summed E-state index contributed by atoms with van der Waals surface area (Å²) in [5.41, 5.74) is -7.96. The number of Topliss-reactive ketones (excluding diaryl/α,β-unsaturated/α-hetero) is 2. The molecule has 84 heavy (non-hydrogen) atoms. The van der Waals surface area contributed by atoms with Crippen molar-refractivity contribution in [1.29, 1.82) is 0 Å². The van der Waals surface area contributed by atoms with Crippen molar-refractivity contribution in [1.82, 2.24) is 21.3 Å². The number of cyclic esters (lactones) is 4. The largest absolute Gasteiger partial charge is 0.467 e. The van der Waals surface area contributed by atoms with Gasteiger partial charge in [0.05, 0.1) is 25.3 Å². The number of hydrogen-bond acceptors (Lipinski definition) is 22. The first-order chi connectivity index (χ1) is 34.3. The first kappa shape index (κ1) is 93.1. The topological polar surface area (TPSA) is 358 Å². The third kappa shape index (κ3) is 27.9. The van der Waals surface area contributed by atoms with E-state index < -0.39 is 117 Å². The predicted octanol–water partition coefficient (Wildman–Crippen LogP) is 7.41. The maximum absolute atomic E-state index is 11.8. The van der Waals surface area contributed by atoms with E-state index in [-0.39, 0.29) is 107 Å². The Labute approximate surface area is 501 Å². The average Bonchev–Trinajstić information content (AvgIpc) is 3.88. The van der Waals surface area contributed by atoms with Gasteiger partial charge in [0, 0.05) is 12.8 Å². The van der Waals surface area contributed by atoms with E-state index in [1.807, 2.05) is 0 Å². The Morgan fingerprint density at radius 1 is 0.381 bits per heavy atom. The Kier molecular flexibility index (Phi) is 39.7. The molecule has 488 valence electrons. The van der Waals surface area contributed by atoms with Crippen LogP contribution in [-0.4, -0.2) is 153 Å². The van der Waals surface area contributed by atoms with Crippen LogP contribution in [0.2, 0.25) is 0 Å². The summed E-state index contributed by atoms with van der Waals surface area (Å²) in [6.45, 7) is 28.9. The van der Waals surface area contributed by atoms with Crippen LogP contribution in [0.4, 0.5) is 0 Å². The summed E-state index contributed by atoms with van der Waals surface area (Å²) in [5.74, 6) is -4.57. The molecule has 0 bridgehead atoms. The Balaban J connectivity index is -0.000000148. The molecule has 4 heterocycles. The lowest BCUT2D eigenvalue weighted by Gasteiger charge is -2.26. The third-order valence-electron chi connectivity index (χ3n) is 10.9. The minimum atomic E-state index is -1.25. The van der Waals surface area contributed by atoms with Crippen LogP contribution in [0.25, 0.3) is 0 Å². The van der Waals surface area contributed by atoms with E-state index >= 15 is 0 Å². The fourth-order valence-electron chi connectivity index (χ4n) is 6.51. The summed E-state index contributed by atoms with van der Waals surface area (Å²) in [6, 6.07) is 0. The fraction of sp³-hybridized carbons (Fsp3) is 0.724. The molecule has 0 aromatic carbocycles. The van der Waals surface area contributed by atoms with Gasteiger partial charge in [-0.15, -0.1) is 0 Å². The number of methoxy groups -OCH3 is 2. The van der Waals surface area contributed by atoms with Crippen LogP contribution < -0.4 is 21.3 Å². The Bertz CT molecular complexity index is 2150. The van der Waals surface area contributed by atoms with Gasteiger partial charge < -0.3 is 49.7 Å². The van der Waals surface area contributed by atoms with Crippen LogP contribution in [0.15, 0.2) is 20.0 Å². The van der Waals surface area contributed by atoms with Gasteiger partial charge in [-0.3, -0.25) is 28.8 Å². The van der Waals surface area contributed by atoms with Crippen LogP contribution in [0.3, 0.4) is 0 Å². The minimum absolute atomic E-state index is 0. The number of ketones is 2. The quantitative estimate of drug-likeness (QED) is 0.0589. The van der Waals surface area contributed by atoms with Gasteiger partial charge in [0.15, 0.2) is 33.7 Å². The number of esters is 6. The van der Waals surface area contributed by atoms with E-state index in [0.29, 0.717) is 12.8 Å². The molecule has 26 nitrogen and oxygen atoms in total. The fourth-order valence-corrected chi connectivity index (χ4v) is 6.51. The van der Waals surface area contributed by atoms with Crippen LogP contribution in [0.1, 0.15) is 223 Å². The lowest BCUT2D eigenvalue weighted by Crippen LogP contribution is -2.54. The predicted molar refractivity (Wildman–Crippen MR) is 326 cm³/mol. The first-order valence-electron chi connectivity index (χ1n) is 24.0. The molecule has 0 unspecified atom stereocenters. The summed E-state index contributed by atoms with van der Waals surface area (Å²) in [6.07, 6.45) is -0.0780. The molecule has 0 spiro atoms. The lowest BCUT2D eigenvalue weighted by atomic mass is 9.96. The molecule has 0 aliphatic carbocycles. The number of ether oxygens (including phenoxy) is 6. The second kappa shape index (κ2) is 35.8. The van der Waals surface area contributed by atoms with Crippen molar-refractivity contribution >= 4 is 94.6 Å². The Hall–Kier alpha value is -7.28. The van der Waals surface area contributed by atoms with Gasteiger partial charge in [-0.05, 0) is 111 Å². The smallest absolute Gasteiger partial charge is 0.340 e. The summed E-state index contributed by atoms with van der Waals surface area (Å²) in [5, 5.41) is 9.82. The standard InChI is InChI=1S/C15H26N2O4.C13H22N2O6.2C11H14N2O4.8CH4/c1-7-10(18)14(3,4)16-12(20)9-13(21)17-15(5,6)11(19)8-2;1-12(2,10(18)20-5)14-8(16)7-9(17)15-13(3,4)11(19)21-6;2*1-10(2)8(14)16-6(12-10)5-7-13-11(3,4)9(15)17-7;;;;;;;;/h7-9H2,1-6H3,(H,16,20)(H,17,21);7H2,1-6H3,(H,14,16)(H,15,17);2*5H2,1-4H3;8*1H4. The van der Waals surface area contributed by atoms with Crippen molar-refractivity contribution in [3.8, 4) is 0 Å².